The zero-order valence-electron chi connectivity index (χ0n) is 10.8. The van der Waals surface area contributed by atoms with Gasteiger partial charge < -0.3 is 4.90 Å². The molecule has 1 aliphatic rings. The van der Waals surface area contributed by atoms with E-state index in [1.807, 2.05) is 0 Å². The Hall–Kier alpha value is -2.44. The molecule has 0 saturated heterocycles. The van der Waals surface area contributed by atoms with Gasteiger partial charge in [0.15, 0.2) is 0 Å². The molecule has 4 nitrogen and oxygen atoms in total. The monoisotopic (exact) mass is 293 g/mol. The van der Waals surface area contributed by atoms with Gasteiger partial charge in [0, 0.05) is 18.9 Å². The van der Waals surface area contributed by atoms with Crippen LogP contribution in [0.1, 0.15) is 27.3 Å². The maximum absolute atomic E-state index is 12.4. The SMILES string of the molecule is O=C1c2cccnc2CN1Cc1ccc(C(F)(F)F)nc1. The normalized spacial score (nSPS) is 14.4. The van der Waals surface area contributed by atoms with Crippen LogP contribution in [-0.2, 0) is 19.3 Å². The van der Waals surface area contributed by atoms with E-state index in [4.69, 9.17) is 0 Å². The van der Waals surface area contributed by atoms with Gasteiger partial charge >= 0.3 is 6.18 Å². The van der Waals surface area contributed by atoms with Crippen molar-refractivity contribution in [1.82, 2.24) is 14.9 Å². The largest absolute Gasteiger partial charge is 0.433 e. The van der Waals surface area contributed by atoms with Gasteiger partial charge in [-0.1, -0.05) is 6.07 Å². The van der Waals surface area contributed by atoms with Gasteiger partial charge in [0.1, 0.15) is 5.69 Å². The van der Waals surface area contributed by atoms with Crippen LogP contribution in [0.25, 0.3) is 0 Å². The molecule has 108 valence electrons. The molecule has 0 atom stereocenters. The summed E-state index contributed by atoms with van der Waals surface area (Å²) in [7, 11) is 0. The molecular formula is C14H10F3N3O. The summed E-state index contributed by atoms with van der Waals surface area (Å²) in [4.78, 5) is 21.2. The van der Waals surface area contributed by atoms with E-state index >= 15 is 0 Å². The third-order valence-corrected chi connectivity index (χ3v) is 3.24. The molecule has 0 aliphatic carbocycles. The average molecular weight is 293 g/mol. The molecule has 21 heavy (non-hydrogen) atoms. The number of alkyl halides is 3. The summed E-state index contributed by atoms with van der Waals surface area (Å²) in [5.74, 6) is -0.169. The van der Waals surface area contributed by atoms with Crippen molar-refractivity contribution in [3.05, 3.63) is 59.2 Å². The van der Waals surface area contributed by atoms with E-state index < -0.39 is 11.9 Å². The van der Waals surface area contributed by atoms with Crippen molar-refractivity contribution < 1.29 is 18.0 Å². The van der Waals surface area contributed by atoms with Crippen molar-refractivity contribution in [2.45, 2.75) is 19.3 Å². The molecule has 3 heterocycles. The van der Waals surface area contributed by atoms with Crippen molar-refractivity contribution in [3.63, 3.8) is 0 Å². The molecule has 0 fully saturated rings. The third kappa shape index (κ3) is 2.58. The summed E-state index contributed by atoms with van der Waals surface area (Å²) >= 11 is 0. The highest BCUT2D eigenvalue weighted by Crippen LogP contribution is 2.28. The summed E-state index contributed by atoms with van der Waals surface area (Å²) in [6, 6.07) is 5.62. The van der Waals surface area contributed by atoms with Crippen LogP contribution < -0.4 is 0 Å². The second-order valence-electron chi connectivity index (χ2n) is 4.71. The van der Waals surface area contributed by atoms with Crippen LogP contribution in [0.2, 0.25) is 0 Å². The topological polar surface area (TPSA) is 46.1 Å². The molecule has 0 saturated carbocycles. The molecule has 0 spiro atoms. The Labute approximate surface area is 118 Å². The summed E-state index contributed by atoms with van der Waals surface area (Å²) in [6.07, 6.45) is -1.70. The lowest BCUT2D eigenvalue weighted by molar-refractivity contribution is -0.141. The lowest BCUT2D eigenvalue weighted by Crippen LogP contribution is -2.23. The Balaban J connectivity index is 1.76. The maximum Gasteiger partial charge on any atom is 0.433 e. The van der Waals surface area contributed by atoms with Gasteiger partial charge in [0.2, 0.25) is 0 Å². The van der Waals surface area contributed by atoms with E-state index in [1.165, 1.54) is 11.0 Å². The molecule has 0 unspecified atom stereocenters. The number of nitrogens with zero attached hydrogens (tertiary/aromatic N) is 3. The van der Waals surface area contributed by atoms with Crippen molar-refractivity contribution in [2.24, 2.45) is 0 Å². The number of halogens is 3. The van der Waals surface area contributed by atoms with Gasteiger partial charge in [-0.2, -0.15) is 13.2 Å². The number of hydrogen-bond donors (Lipinski definition) is 0. The molecule has 2 aromatic rings. The molecule has 1 amide bonds. The van der Waals surface area contributed by atoms with Gasteiger partial charge in [-0.25, -0.2) is 0 Å². The fourth-order valence-corrected chi connectivity index (χ4v) is 2.22. The second-order valence-corrected chi connectivity index (χ2v) is 4.71. The van der Waals surface area contributed by atoms with Crippen LogP contribution in [0.5, 0.6) is 0 Å². The van der Waals surface area contributed by atoms with Crippen LogP contribution >= 0.6 is 0 Å². The van der Waals surface area contributed by atoms with E-state index in [-0.39, 0.29) is 12.5 Å². The minimum atomic E-state index is -4.46. The van der Waals surface area contributed by atoms with Crippen LogP contribution in [0.4, 0.5) is 13.2 Å². The molecule has 2 aromatic heterocycles. The third-order valence-electron chi connectivity index (χ3n) is 3.24. The molecule has 3 rings (SSSR count). The lowest BCUT2D eigenvalue weighted by Gasteiger charge is -2.15. The first-order valence-electron chi connectivity index (χ1n) is 6.20. The quantitative estimate of drug-likeness (QED) is 0.855. The van der Waals surface area contributed by atoms with Gasteiger partial charge in [-0.05, 0) is 23.8 Å². The maximum atomic E-state index is 12.4. The van der Waals surface area contributed by atoms with E-state index in [1.54, 1.807) is 18.3 Å². The molecule has 0 radical (unpaired) electrons. The van der Waals surface area contributed by atoms with Crippen LogP contribution in [0.15, 0.2) is 36.7 Å². The van der Waals surface area contributed by atoms with Crippen LogP contribution in [0.3, 0.4) is 0 Å². The van der Waals surface area contributed by atoms with Crippen LogP contribution in [0, 0.1) is 0 Å². The molecule has 1 aliphatic heterocycles. The highest BCUT2D eigenvalue weighted by Gasteiger charge is 2.32. The molecule has 7 heteroatoms. The van der Waals surface area contributed by atoms with Crippen LogP contribution in [-0.4, -0.2) is 20.8 Å². The van der Waals surface area contributed by atoms with E-state index in [2.05, 4.69) is 9.97 Å². The van der Waals surface area contributed by atoms with Gasteiger partial charge in [0.25, 0.3) is 5.91 Å². The standard InChI is InChI=1S/C14H10F3N3O/c15-14(16,17)12-4-3-9(6-19-12)7-20-8-11-10(13(20)21)2-1-5-18-11/h1-6H,7-8H2. The lowest BCUT2D eigenvalue weighted by atomic mass is 10.2. The predicted molar refractivity (Wildman–Crippen MR) is 67.1 cm³/mol. The fraction of sp³-hybridized carbons (Fsp3) is 0.214. The van der Waals surface area contributed by atoms with Gasteiger partial charge in [-0.15, -0.1) is 0 Å². The highest BCUT2D eigenvalue weighted by molar-refractivity contribution is 5.97. The number of hydrogen-bond acceptors (Lipinski definition) is 3. The molecule has 0 N–H and O–H groups in total. The Morgan fingerprint density at radius 2 is 2.00 bits per heavy atom. The van der Waals surface area contributed by atoms with Crippen molar-refractivity contribution in [3.8, 4) is 0 Å². The second kappa shape index (κ2) is 4.83. The van der Waals surface area contributed by atoms with Gasteiger partial charge in [-0.3, -0.25) is 14.8 Å². The summed E-state index contributed by atoms with van der Waals surface area (Å²) in [5, 5.41) is 0. The minimum absolute atomic E-state index is 0.169. The minimum Gasteiger partial charge on any atom is -0.328 e. The highest BCUT2D eigenvalue weighted by atomic mass is 19.4. The molecule has 0 aromatic carbocycles. The van der Waals surface area contributed by atoms with Crippen molar-refractivity contribution in [2.75, 3.05) is 0 Å². The first kappa shape index (κ1) is 13.5. The number of aromatic nitrogens is 2. The molecular weight excluding hydrogens is 283 g/mol. The molecule has 0 bridgehead atoms. The number of carbonyl (C=O) groups excluding carboxylic acids is 1. The van der Waals surface area contributed by atoms with E-state index in [0.717, 1.165) is 12.3 Å². The van der Waals surface area contributed by atoms with E-state index in [9.17, 15) is 18.0 Å². The van der Waals surface area contributed by atoms with E-state index in [0.29, 0.717) is 23.4 Å². The number of pyridine rings is 2. The zero-order chi connectivity index (χ0) is 15.0. The first-order chi connectivity index (χ1) is 9.95. The smallest absolute Gasteiger partial charge is 0.328 e. The Morgan fingerprint density at radius 3 is 2.62 bits per heavy atom. The summed E-state index contributed by atoms with van der Waals surface area (Å²) in [6.45, 7) is 0.566. The Kier molecular flexibility index (Phi) is 3.12. The number of carbonyl (C=O) groups is 1. The Bertz CT molecular complexity index is 683. The van der Waals surface area contributed by atoms with Gasteiger partial charge in [0.05, 0.1) is 17.8 Å². The number of amides is 1. The van der Waals surface area contributed by atoms with Crippen molar-refractivity contribution in [1.29, 1.82) is 0 Å². The number of rotatable bonds is 2. The number of fused-ring (bicyclic) bond motifs is 1. The summed E-state index contributed by atoms with van der Waals surface area (Å²) < 4.78 is 37.3. The predicted octanol–water partition coefficient (Wildman–Crippen LogP) is 2.65. The average Bonchev–Trinajstić information content (AvgIpc) is 2.76. The Morgan fingerprint density at radius 1 is 1.19 bits per heavy atom. The van der Waals surface area contributed by atoms with Crippen molar-refractivity contribution >= 4 is 5.91 Å². The summed E-state index contributed by atoms with van der Waals surface area (Å²) in [5.41, 5.74) is 0.827. The first-order valence-corrected chi connectivity index (χ1v) is 6.20. The zero-order valence-corrected chi connectivity index (χ0v) is 10.8. The fourth-order valence-electron chi connectivity index (χ4n) is 2.22.